The summed E-state index contributed by atoms with van der Waals surface area (Å²) in [6.07, 6.45) is 6.07. The van der Waals surface area contributed by atoms with Gasteiger partial charge in [-0.1, -0.05) is 12.8 Å². The number of carbonyl (C=O) groups excluding carboxylic acids is 1. The number of amides is 1. The average Bonchev–Trinajstić information content (AvgIpc) is 3.52. The van der Waals surface area contributed by atoms with Gasteiger partial charge in [-0.05, 0) is 61.8 Å². The van der Waals surface area contributed by atoms with Crippen LogP contribution >= 0.6 is 12.2 Å². The van der Waals surface area contributed by atoms with Crippen molar-refractivity contribution < 1.29 is 15.0 Å². The van der Waals surface area contributed by atoms with Crippen LogP contribution in [-0.4, -0.2) is 61.3 Å². The van der Waals surface area contributed by atoms with Crippen LogP contribution in [0.4, 0.5) is 5.69 Å². The lowest BCUT2D eigenvalue weighted by Crippen LogP contribution is -2.61. The first-order valence-electron chi connectivity index (χ1n) is 10.9. The largest absolute Gasteiger partial charge is 0.390 e. The monoisotopic (exact) mass is 441 g/mol. The van der Waals surface area contributed by atoms with Crippen LogP contribution in [-0.2, 0) is 4.79 Å². The zero-order valence-electron chi connectivity index (χ0n) is 17.1. The molecule has 8 nitrogen and oxygen atoms in total. The summed E-state index contributed by atoms with van der Waals surface area (Å²) in [4.78, 5) is 15.1. The van der Waals surface area contributed by atoms with Crippen molar-refractivity contribution in [1.29, 1.82) is 0 Å². The summed E-state index contributed by atoms with van der Waals surface area (Å²) in [5.74, 6) is -0.555. The molecule has 1 amide bonds. The SMILES string of the molecule is O=C(NC1CCCC1)[C@@H]1C[C@@H](O)[C@H](O)[C@@H]2NC(=S)N(c3ccc(-n4cccn4)cc3)[C@H]21. The van der Waals surface area contributed by atoms with Gasteiger partial charge in [-0.15, -0.1) is 0 Å². The molecule has 4 N–H and O–H groups in total. The highest BCUT2D eigenvalue weighted by Gasteiger charge is 2.54. The third-order valence-corrected chi connectivity index (χ3v) is 7.09. The maximum atomic E-state index is 13.2. The second-order valence-corrected chi connectivity index (χ2v) is 9.08. The summed E-state index contributed by atoms with van der Waals surface area (Å²) in [6.45, 7) is 0. The van der Waals surface area contributed by atoms with E-state index in [4.69, 9.17) is 12.2 Å². The third-order valence-electron chi connectivity index (χ3n) is 6.78. The van der Waals surface area contributed by atoms with E-state index in [1.54, 1.807) is 10.9 Å². The van der Waals surface area contributed by atoms with Gasteiger partial charge >= 0.3 is 0 Å². The van der Waals surface area contributed by atoms with Gasteiger partial charge in [0.15, 0.2) is 5.11 Å². The molecule has 1 aromatic carbocycles. The molecule has 0 unspecified atom stereocenters. The predicted molar refractivity (Wildman–Crippen MR) is 120 cm³/mol. The van der Waals surface area contributed by atoms with E-state index >= 15 is 0 Å². The molecule has 5 atom stereocenters. The number of hydrogen-bond acceptors (Lipinski definition) is 5. The van der Waals surface area contributed by atoms with Gasteiger partial charge in [-0.3, -0.25) is 4.79 Å². The van der Waals surface area contributed by atoms with Crippen LogP contribution in [0.1, 0.15) is 32.1 Å². The second-order valence-electron chi connectivity index (χ2n) is 8.69. The standard InChI is InChI=1S/C22H27N5O3S/c28-17-12-16(21(30)24-13-4-1-2-5-13)19-18(20(17)29)25-22(31)27(19)15-8-6-14(7-9-15)26-11-3-10-23-26/h3,6-11,13,16-20,28-29H,1-2,4-5,12H2,(H,24,30)(H,25,31)/t16-,17-,18-,19+,20+/m1/s1. The van der Waals surface area contributed by atoms with Gasteiger partial charge < -0.3 is 25.7 Å². The Kier molecular flexibility index (Phi) is 5.41. The highest BCUT2D eigenvalue weighted by Crippen LogP contribution is 2.37. The van der Waals surface area contributed by atoms with Crippen LogP contribution in [0.2, 0.25) is 0 Å². The number of benzene rings is 1. The Hall–Kier alpha value is -2.49. The van der Waals surface area contributed by atoms with Crippen LogP contribution in [0.25, 0.3) is 5.69 Å². The Bertz CT molecular complexity index is 945. The Morgan fingerprint density at radius 3 is 2.55 bits per heavy atom. The summed E-state index contributed by atoms with van der Waals surface area (Å²) in [7, 11) is 0. The molecule has 2 aromatic rings. The smallest absolute Gasteiger partial charge is 0.225 e. The maximum Gasteiger partial charge on any atom is 0.225 e. The lowest BCUT2D eigenvalue weighted by Gasteiger charge is -2.41. The van der Waals surface area contributed by atoms with E-state index in [0.29, 0.717) is 5.11 Å². The summed E-state index contributed by atoms with van der Waals surface area (Å²) in [6, 6.07) is 8.94. The number of aliphatic hydroxyl groups excluding tert-OH is 2. The van der Waals surface area contributed by atoms with Crippen molar-refractivity contribution in [1.82, 2.24) is 20.4 Å². The van der Waals surface area contributed by atoms with E-state index in [0.717, 1.165) is 37.1 Å². The zero-order chi connectivity index (χ0) is 21.5. The van der Waals surface area contributed by atoms with Gasteiger partial charge in [-0.25, -0.2) is 4.68 Å². The first kappa shape index (κ1) is 20.4. The fraction of sp³-hybridized carbons (Fsp3) is 0.500. The summed E-state index contributed by atoms with van der Waals surface area (Å²) >= 11 is 5.60. The molecule has 2 aliphatic carbocycles. The van der Waals surface area contributed by atoms with Gasteiger partial charge in [0.05, 0.1) is 29.8 Å². The Morgan fingerprint density at radius 1 is 1.16 bits per heavy atom. The number of anilines is 1. The molecule has 1 aliphatic heterocycles. The van der Waals surface area contributed by atoms with E-state index in [1.165, 1.54) is 0 Å². The fourth-order valence-electron chi connectivity index (χ4n) is 5.21. The number of aromatic nitrogens is 2. The number of nitrogens with one attached hydrogen (secondary N) is 2. The molecule has 1 aromatic heterocycles. The maximum absolute atomic E-state index is 13.2. The third kappa shape index (κ3) is 3.71. The minimum absolute atomic E-state index is 0.0717. The Balaban J connectivity index is 1.44. The van der Waals surface area contributed by atoms with E-state index in [-0.39, 0.29) is 24.4 Å². The number of aliphatic hydroxyl groups is 2. The number of rotatable bonds is 4. The minimum Gasteiger partial charge on any atom is -0.390 e. The van der Waals surface area contributed by atoms with Gasteiger partial charge in [-0.2, -0.15) is 5.10 Å². The molecule has 0 bridgehead atoms. The molecule has 5 rings (SSSR count). The van der Waals surface area contributed by atoms with Gasteiger partial charge in [0.1, 0.15) is 6.10 Å². The number of thiocarbonyl (C=S) groups is 1. The van der Waals surface area contributed by atoms with Crippen LogP contribution in [0, 0.1) is 5.92 Å². The first-order chi connectivity index (χ1) is 15.0. The average molecular weight is 442 g/mol. The van der Waals surface area contributed by atoms with Crippen molar-refractivity contribution in [3.8, 4) is 5.69 Å². The second kappa shape index (κ2) is 8.22. The van der Waals surface area contributed by atoms with Crippen LogP contribution in [0.5, 0.6) is 0 Å². The number of hydrogen-bond donors (Lipinski definition) is 4. The van der Waals surface area contributed by atoms with Gasteiger partial charge in [0.25, 0.3) is 0 Å². The summed E-state index contributed by atoms with van der Waals surface area (Å²) < 4.78 is 1.77. The van der Waals surface area contributed by atoms with Gasteiger partial charge in [0, 0.05) is 24.1 Å². The summed E-state index contributed by atoms with van der Waals surface area (Å²) in [5.41, 5.74) is 1.75. The molecule has 164 valence electrons. The van der Waals surface area contributed by atoms with Crippen molar-refractivity contribution in [2.24, 2.45) is 5.92 Å². The molecular weight excluding hydrogens is 414 g/mol. The van der Waals surface area contributed by atoms with E-state index < -0.39 is 24.2 Å². The number of carbonyl (C=O) groups is 1. The molecule has 3 fully saturated rings. The van der Waals surface area contributed by atoms with Crippen LogP contribution in [0.3, 0.4) is 0 Å². The van der Waals surface area contributed by atoms with E-state index in [1.807, 2.05) is 41.4 Å². The lowest BCUT2D eigenvalue weighted by molar-refractivity contribution is -0.131. The fourth-order valence-corrected chi connectivity index (χ4v) is 5.57. The molecule has 2 heterocycles. The molecule has 9 heteroatoms. The first-order valence-corrected chi connectivity index (χ1v) is 11.3. The van der Waals surface area contributed by atoms with Crippen molar-refractivity contribution >= 4 is 28.9 Å². The number of nitrogens with zero attached hydrogens (tertiary/aromatic N) is 3. The highest BCUT2D eigenvalue weighted by molar-refractivity contribution is 7.80. The lowest BCUT2D eigenvalue weighted by atomic mass is 9.77. The number of fused-ring (bicyclic) bond motifs is 1. The Labute approximate surface area is 186 Å². The van der Waals surface area contributed by atoms with Crippen molar-refractivity contribution in [3.05, 3.63) is 42.7 Å². The molecule has 31 heavy (non-hydrogen) atoms. The van der Waals surface area contributed by atoms with Crippen LogP contribution < -0.4 is 15.5 Å². The van der Waals surface area contributed by atoms with Gasteiger partial charge in [0.2, 0.25) is 5.91 Å². The van der Waals surface area contributed by atoms with Crippen molar-refractivity contribution in [2.75, 3.05) is 4.90 Å². The molecule has 3 aliphatic rings. The van der Waals surface area contributed by atoms with Crippen molar-refractivity contribution in [3.63, 3.8) is 0 Å². The zero-order valence-corrected chi connectivity index (χ0v) is 17.9. The minimum atomic E-state index is -0.994. The quantitative estimate of drug-likeness (QED) is 0.527. The van der Waals surface area contributed by atoms with Crippen LogP contribution in [0.15, 0.2) is 42.7 Å². The predicted octanol–water partition coefficient (Wildman–Crippen LogP) is 1.10. The summed E-state index contributed by atoms with van der Waals surface area (Å²) in [5, 5.41) is 32.1. The molecule has 2 saturated carbocycles. The molecule has 0 spiro atoms. The molecule has 1 saturated heterocycles. The topological polar surface area (TPSA) is 103 Å². The van der Waals surface area contributed by atoms with E-state index in [2.05, 4.69) is 15.7 Å². The Morgan fingerprint density at radius 2 is 1.87 bits per heavy atom. The van der Waals surface area contributed by atoms with Crippen molar-refractivity contribution in [2.45, 2.75) is 62.4 Å². The highest BCUT2D eigenvalue weighted by atomic mass is 32.1. The molecule has 0 radical (unpaired) electrons. The van der Waals surface area contributed by atoms with E-state index in [9.17, 15) is 15.0 Å². The molecular formula is C22H27N5O3S. The normalized spacial score (nSPS) is 30.8.